The van der Waals surface area contributed by atoms with Gasteiger partial charge in [-0.1, -0.05) is 0 Å². The topological polar surface area (TPSA) is 15.3 Å². The minimum Gasteiger partial charge on any atom is -0.314 e. The van der Waals surface area contributed by atoms with E-state index in [1.54, 1.807) is 0 Å². The zero-order valence-electron chi connectivity index (χ0n) is 10.2. The summed E-state index contributed by atoms with van der Waals surface area (Å²) in [6, 6.07) is 1.81. The highest BCUT2D eigenvalue weighted by atomic mass is 32.2. The van der Waals surface area contributed by atoms with Crippen molar-refractivity contribution in [3.63, 3.8) is 0 Å². The molecular weight excluding hydrogens is 216 g/mol. The Labute approximate surface area is 104 Å². The smallest absolute Gasteiger partial charge is 0.00965 e. The lowest BCUT2D eigenvalue weighted by molar-refractivity contribution is 0.308. The summed E-state index contributed by atoms with van der Waals surface area (Å²) in [7, 11) is 0. The average Bonchev–Trinajstić information content (AvgIpc) is 3.08. The molecule has 3 heteroatoms. The Morgan fingerprint density at radius 2 is 1.88 bits per heavy atom. The lowest BCUT2D eigenvalue weighted by Gasteiger charge is -2.24. The highest BCUT2D eigenvalue weighted by Gasteiger charge is 2.34. The second-order valence-electron chi connectivity index (χ2n) is 5.68. The van der Waals surface area contributed by atoms with E-state index in [4.69, 9.17) is 0 Å². The van der Waals surface area contributed by atoms with E-state index in [1.165, 1.54) is 63.2 Å². The molecule has 0 aromatic carbocycles. The third kappa shape index (κ3) is 2.93. The van der Waals surface area contributed by atoms with Gasteiger partial charge in [0.2, 0.25) is 0 Å². The molecule has 3 aliphatic rings. The molecular formula is C13H24N2S. The molecule has 0 radical (unpaired) electrons. The standard InChI is InChI=1S/C13H24N2S/c1-2-13(1)15-6-3-11(10-15)9-14-12-4-7-16-8-5-12/h11-14H,1-10H2. The highest BCUT2D eigenvalue weighted by Crippen LogP contribution is 2.31. The van der Waals surface area contributed by atoms with Gasteiger partial charge in [0.25, 0.3) is 0 Å². The van der Waals surface area contributed by atoms with Gasteiger partial charge in [0.15, 0.2) is 0 Å². The van der Waals surface area contributed by atoms with Gasteiger partial charge in [-0.3, -0.25) is 0 Å². The van der Waals surface area contributed by atoms with Crippen molar-refractivity contribution in [1.82, 2.24) is 10.2 Å². The van der Waals surface area contributed by atoms with E-state index in [9.17, 15) is 0 Å². The number of rotatable bonds is 4. The first kappa shape index (κ1) is 11.4. The van der Waals surface area contributed by atoms with E-state index >= 15 is 0 Å². The molecule has 92 valence electrons. The molecule has 16 heavy (non-hydrogen) atoms. The molecule has 2 saturated heterocycles. The van der Waals surface area contributed by atoms with Gasteiger partial charge >= 0.3 is 0 Å². The van der Waals surface area contributed by atoms with Crippen LogP contribution in [0.5, 0.6) is 0 Å². The minimum absolute atomic E-state index is 0.830. The lowest BCUT2D eigenvalue weighted by atomic mass is 10.1. The summed E-state index contributed by atoms with van der Waals surface area (Å²) in [6.45, 7) is 4.02. The van der Waals surface area contributed by atoms with Crippen molar-refractivity contribution in [2.45, 2.75) is 44.2 Å². The fraction of sp³-hybridized carbons (Fsp3) is 1.00. The Morgan fingerprint density at radius 3 is 2.62 bits per heavy atom. The van der Waals surface area contributed by atoms with E-state index in [2.05, 4.69) is 22.0 Å². The van der Waals surface area contributed by atoms with E-state index in [0.717, 1.165) is 18.0 Å². The van der Waals surface area contributed by atoms with Crippen LogP contribution in [-0.2, 0) is 0 Å². The molecule has 0 spiro atoms. The van der Waals surface area contributed by atoms with Crippen LogP contribution in [0, 0.1) is 5.92 Å². The maximum absolute atomic E-state index is 3.80. The molecule has 1 unspecified atom stereocenters. The van der Waals surface area contributed by atoms with Crippen LogP contribution in [0.2, 0.25) is 0 Å². The van der Waals surface area contributed by atoms with E-state index in [-0.39, 0.29) is 0 Å². The zero-order valence-corrected chi connectivity index (χ0v) is 11.0. The molecule has 1 saturated carbocycles. The van der Waals surface area contributed by atoms with E-state index in [1.807, 2.05) is 0 Å². The van der Waals surface area contributed by atoms with Gasteiger partial charge in [0.05, 0.1) is 0 Å². The second-order valence-corrected chi connectivity index (χ2v) is 6.90. The van der Waals surface area contributed by atoms with Gasteiger partial charge in [-0.2, -0.15) is 11.8 Å². The molecule has 1 N–H and O–H groups in total. The van der Waals surface area contributed by atoms with Gasteiger partial charge in [-0.15, -0.1) is 0 Å². The predicted molar refractivity (Wildman–Crippen MR) is 71.1 cm³/mol. The van der Waals surface area contributed by atoms with Crippen LogP contribution in [0.1, 0.15) is 32.1 Å². The van der Waals surface area contributed by atoms with E-state index < -0.39 is 0 Å². The normalized spacial score (nSPS) is 33.4. The Hall–Kier alpha value is 0.270. The number of hydrogen-bond acceptors (Lipinski definition) is 3. The third-order valence-corrected chi connectivity index (χ3v) is 5.35. The molecule has 2 aliphatic heterocycles. The molecule has 1 atom stereocenters. The molecule has 0 bridgehead atoms. The summed E-state index contributed by atoms with van der Waals surface area (Å²) < 4.78 is 0. The number of likely N-dealkylation sites (tertiary alicyclic amines) is 1. The molecule has 2 heterocycles. The maximum Gasteiger partial charge on any atom is 0.00965 e. The molecule has 3 rings (SSSR count). The fourth-order valence-electron chi connectivity index (χ4n) is 3.04. The van der Waals surface area contributed by atoms with Gasteiger partial charge in [0.1, 0.15) is 0 Å². The third-order valence-electron chi connectivity index (χ3n) is 4.30. The largest absolute Gasteiger partial charge is 0.314 e. The molecule has 3 fully saturated rings. The van der Waals surface area contributed by atoms with Crippen molar-refractivity contribution in [3.8, 4) is 0 Å². The van der Waals surface area contributed by atoms with Crippen LogP contribution in [0.15, 0.2) is 0 Å². The van der Waals surface area contributed by atoms with Crippen molar-refractivity contribution < 1.29 is 0 Å². The van der Waals surface area contributed by atoms with Crippen LogP contribution in [0.3, 0.4) is 0 Å². The summed E-state index contributed by atoms with van der Waals surface area (Å²) in [5, 5.41) is 3.80. The predicted octanol–water partition coefficient (Wildman–Crippen LogP) is 1.96. The SMILES string of the molecule is C1CC(NCC2CCN(C3CC3)C2)CCS1. The van der Waals surface area contributed by atoms with Crippen LogP contribution < -0.4 is 5.32 Å². The average molecular weight is 240 g/mol. The first-order chi connectivity index (χ1) is 7.92. The van der Waals surface area contributed by atoms with Gasteiger partial charge < -0.3 is 10.2 Å². The Kier molecular flexibility index (Phi) is 3.75. The highest BCUT2D eigenvalue weighted by molar-refractivity contribution is 7.99. The van der Waals surface area contributed by atoms with Gasteiger partial charge in [-0.25, -0.2) is 0 Å². The number of nitrogens with one attached hydrogen (secondary N) is 1. The van der Waals surface area contributed by atoms with Crippen LogP contribution in [0.25, 0.3) is 0 Å². The summed E-state index contributed by atoms with van der Waals surface area (Å²) in [6.07, 6.45) is 7.17. The van der Waals surface area contributed by atoms with Crippen LogP contribution in [-0.4, -0.2) is 48.1 Å². The van der Waals surface area contributed by atoms with Crippen molar-refractivity contribution >= 4 is 11.8 Å². The number of hydrogen-bond donors (Lipinski definition) is 1. The van der Waals surface area contributed by atoms with Crippen molar-refractivity contribution in [3.05, 3.63) is 0 Å². The molecule has 0 amide bonds. The quantitative estimate of drug-likeness (QED) is 0.809. The Morgan fingerprint density at radius 1 is 1.06 bits per heavy atom. The molecule has 0 aromatic heterocycles. The maximum atomic E-state index is 3.80. The summed E-state index contributed by atoms with van der Waals surface area (Å²) in [5.74, 6) is 3.68. The van der Waals surface area contributed by atoms with Crippen molar-refractivity contribution in [2.24, 2.45) is 5.92 Å². The summed E-state index contributed by atoms with van der Waals surface area (Å²) in [4.78, 5) is 2.73. The summed E-state index contributed by atoms with van der Waals surface area (Å²) >= 11 is 2.12. The Bertz CT molecular complexity index is 224. The zero-order chi connectivity index (χ0) is 10.8. The molecule has 0 aromatic rings. The Balaban J connectivity index is 1.35. The first-order valence-corrected chi connectivity index (χ1v) is 8.12. The fourth-order valence-corrected chi connectivity index (χ4v) is 4.14. The molecule has 1 aliphatic carbocycles. The molecule has 2 nitrogen and oxygen atoms in total. The number of thioether (sulfide) groups is 1. The number of nitrogens with zero attached hydrogens (tertiary/aromatic N) is 1. The van der Waals surface area contributed by atoms with E-state index in [0.29, 0.717) is 0 Å². The minimum atomic E-state index is 0.830. The van der Waals surface area contributed by atoms with Gasteiger partial charge in [-0.05, 0) is 62.6 Å². The van der Waals surface area contributed by atoms with Crippen LogP contribution >= 0.6 is 11.8 Å². The van der Waals surface area contributed by atoms with Crippen LogP contribution in [0.4, 0.5) is 0 Å². The first-order valence-electron chi connectivity index (χ1n) is 6.97. The van der Waals surface area contributed by atoms with Gasteiger partial charge in [0, 0.05) is 18.6 Å². The monoisotopic (exact) mass is 240 g/mol. The second kappa shape index (κ2) is 5.28. The summed E-state index contributed by atoms with van der Waals surface area (Å²) in [5.41, 5.74) is 0. The lowest BCUT2D eigenvalue weighted by Crippen LogP contribution is -2.36. The van der Waals surface area contributed by atoms with Crippen molar-refractivity contribution in [1.29, 1.82) is 0 Å². The van der Waals surface area contributed by atoms with Crippen molar-refractivity contribution in [2.75, 3.05) is 31.1 Å².